The number of aromatic hydroxyl groups is 1. The van der Waals surface area contributed by atoms with Crippen LogP contribution >= 0.6 is 0 Å². The zero-order chi connectivity index (χ0) is 42.3. The zero-order valence-corrected chi connectivity index (χ0v) is 38.8. The summed E-state index contributed by atoms with van der Waals surface area (Å²) in [5, 5.41) is 15.6. The van der Waals surface area contributed by atoms with Gasteiger partial charge < -0.3 is 19.9 Å². The van der Waals surface area contributed by atoms with Crippen molar-refractivity contribution in [2.24, 2.45) is 11.3 Å². The van der Waals surface area contributed by atoms with Crippen LogP contribution in [-0.2, 0) is 36.3 Å². The molecular formula is C47H81N3O5. The highest BCUT2D eigenvalue weighted by molar-refractivity contribution is 6.01. The quantitative estimate of drug-likeness (QED) is 0.210. The first-order valence-corrected chi connectivity index (χ1v) is 21.0. The van der Waals surface area contributed by atoms with Gasteiger partial charge in [-0.25, -0.2) is 0 Å². The SMILES string of the molecule is CN1C(C)(C)CC(OC(=O)C(Cc2cc(C(C)(C)C)c(O)c(C(C)(C)C)c2)(C(=O)OC2CC(C)(C)N(C)C(C)(C)C2)C2CC(C)(C)NC(C)(C)C2)CC1(C)C. The second-order valence-electron chi connectivity index (χ2n) is 23.9. The average molecular weight is 768 g/mol. The van der Waals surface area contributed by atoms with Gasteiger partial charge in [0.15, 0.2) is 5.41 Å². The molecule has 1 aromatic rings. The first kappa shape index (κ1) is 45.5. The highest BCUT2D eigenvalue weighted by Crippen LogP contribution is 2.50. The van der Waals surface area contributed by atoms with Crippen LogP contribution in [0.25, 0.3) is 0 Å². The normalized spacial score (nSPS) is 25.0. The Morgan fingerprint density at radius 3 is 1.24 bits per heavy atom. The van der Waals surface area contributed by atoms with E-state index in [2.05, 4.69) is 154 Å². The minimum atomic E-state index is -1.65. The molecule has 3 fully saturated rings. The van der Waals surface area contributed by atoms with Crippen molar-refractivity contribution in [3.63, 3.8) is 0 Å². The van der Waals surface area contributed by atoms with Gasteiger partial charge in [-0.2, -0.15) is 0 Å². The van der Waals surface area contributed by atoms with Crippen molar-refractivity contribution in [2.45, 2.75) is 226 Å². The summed E-state index contributed by atoms with van der Waals surface area (Å²) in [7, 11) is 4.29. The molecule has 4 rings (SSSR count). The van der Waals surface area contributed by atoms with Crippen LogP contribution in [0.3, 0.4) is 0 Å². The van der Waals surface area contributed by atoms with Crippen LogP contribution in [0.1, 0.15) is 180 Å². The van der Waals surface area contributed by atoms with E-state index in [4.69, 9.17) is 9.47 Å². The van der Waals surface area contributed by atoms with Gasteiger partial charge in [-0.05, 0) is 150 Å². The summed E-state index contributed by atoms with van der Waals surface area (Å²) >= 11 is 0. The third kappa shape index (κ3) is 9.43. The second kappa shape index (κ2) is 14.3. The Labute approximate surface area is 336 Å². The number of rotatable bonds is 7. The number of hydrogen-bond donors (Lipinski definition) is 2. The first-order valence-electron chi connectivity index (χ1n) is 21.0. The van der Waals surface area contributed by atoms with Gasteiger partial charge in [0, 0.05) is 58.9 Å². The Morgan fingerprint density at radius 1 is 0.636 bits per heavy atom. The number of ether oxygens (including phenoxy) is 2. The van der Waals surface area contributed by atoms with Crippen LogP contribution < -0.4 is 5.32 Å². The summed E-state index contributed by atoms with van der Waals surface area (Å²) in [4.78, 5) is 36.3. The predicted octanol–water partition coefficient (Wildman–Crippen LogP) is 9.46. The van der Waals surface area contributed by atoms with Gasteiger partial charge in [0.05, 0.1) is 0 Å². The van der Waals surface area contributed by atoms with E-state index in [1.54, 1.807) is 0 Å². The zero-order valence-electron chi connectivity index (χ0n) is 38.8. The Morgan fingerprint density at radius 2 is 0.945 bits per heavy atom. The summed E-state index contributed by atoms with van der Waals surface area (Å²) < 4.78 is 13.6. The van der Waals surface area contributed by atoms with E-state index >= 15 is 9.59 Å². The molecule has 1 aromatic carbocycles. The number of carbonyl (C=O) groups excluding carboxylic acids is 2. The summed E-state index contributed by atoms with van der Waals surface area (Å²) in [6.07, 6.45) is 3.18. The fourth-order valence-electron chi connectivity index (χ4n) is 10.9. The molecule has 0 amide bonds. The van der Waals surface area contributed by atoms with Crippen LogP contribution in [0.4, 0.5) is 0 Å². The number of phenols is 1. The third-order valence-electron chi connectivity index (χ3n) is 14.0. The fourth-order valence-corrected chi connectivity index (χ4v) is 10.9. The molecule has 0 aliphatic carbocycles. The van der Waals surface area contributed by atoms with Crippen molar-refractivity contribution < 1.29 is 24.2 Å². The highest BCUT2D eigenvalue weighted by Gasteiger charge is 2.60. The van der Waals surface area contributed by atoms with Crippen LogP contribution in [0.15, 0.2) is 12.1 Å². The second-order valence-corrected chi connectivity index (χ2v) is 23.9. The summed E-state index contributed by atoms with van der Waals surface area (Å²) in [6, 6.07) is 4.06. The summed E-state index contributed by atoms with van der Waals surface area (Å²) in [5.74, 6) is -1.07. The number of nitrogens with one attached hydrogen (secondary N) is 1. The molecule has 0 radical (unpaired) electrons. The molecule has 55 heavy (non-hydrogen) atoms. The molecule has 3 aliphatic rings. The molecular weight excluding hydrogens is 687 g/mol. The number of likely N-dealkylation sites (tertiary alicyclic amines) is 2. The van der Waals surface area contributed by atoms with Gasteiger partial charge in [-0.1, -0.05) is 53.7 Å². The smallest absolute Gasteiger partial charge is 0.324 e. The van der Waals surface area contributed by atoms with Gasteiger partial charge >= 0.3 is 11.9 Å². The van der Waals surface area contributed by atoms with E-state index in [-0.39, 0.29) is 74.4 Å². The standard InChI is InChI=1S/C47H81N3O5/c1-39(2,3)34-21-30(22-35(36(34)51)40(4,5)6)23-47(31-24-41(7,8)48-42(9,10)25-31,37(52)54-32-26-43(11,12)49(19)44(13,14)27-32)38(53)55-33-28-45(15,16)50(20)46(17,18)29-33/h21-22,31-33,48,51H,23-29H2,1-20H3. The number of esters is 2. The first-order chi connectivity index (χ1) is 24.5. The Hall–Kier alpha value is -2.16. The highest BCUT2D eigenvalue weighted by atomic mass is 16.6. The number of phenolic OH excluding ortho intramolecular Hbond substituents is 1. The molecule has 0 spiro atoms. The lowest BCUT2D eigenvalue weighted by Gasteiger charge is -2.55. The van der Waals surface area contributed by atoms with E-state index in [0.29, 0.717) is 38.5 Å². The number of carbonyl (C=O) groups is 2. The molecule has 2 N–H and O–H groups in total. The maximum absolute atomic E-state index is 15.8. The van der Waals surface area contributed by atoms with Crippen molar-refractivity contribution in [1.29, 1.82) is 0 Å². The maximum Gasteiger partial charge on any atom is 0.324 e. The van der Waals surface area contributed by atoms with E-state index in [1.165, 1.54) is 0 Å². The molecule has 3 heterocycles. The number of benzene rings is 1. The monoisotopic (exact) mass is 768 g/mol. The van der Waals surface area contributed by atoms with E-state index in [9.17, 15) is 5.11 Å². The summed E-state index contributed by atoms with van der Waals surface area (Å²) in [5.41, 5.74) is -1.61. The molecule has 8 heteroatoms. The van der Waals surface area contributed by atoms with Crippen molar-refractivity contribution in [3.8, 4) is 5.75 Å². The van der Waals surface area contributed by atoms with Gasteiger partial charge in [0.25, 0.3) is 0 Å². The Kier molecular flexibility index (Phi) is 11.8. The Bertz CT molecular complexity index is 1460. The van der Waals surface area contributed by atoms with Gasteiger partial charge in [0.2, 0.25) is 0 Å². The lowest BCUT2D eigenvalue weighted by Crippen LogP contribution is -2.65. The van der Waals surface area contributed by atoms with E-state index in [1.807, 2.05) is 12.1 Å². The largest absolute Gasteiger partial charge is 0.507 e. The molecule has 3 aliphatic heterocycles. The molecule has 0 saturated carbocycles. The van der Waals surface area contributed by atoms with Crippen LogP contribution in [0.5, 0.6) is 5.75 Å². The predicted molar refractivity (Wildman–Crippen MR) is 226 cm³/mol. The van der Waals surface area contributed by atoms with Crippen molar-refractivity contribution in [3.05, 3.63) is 28.8 Å². The van der Waals surface area contributed by atoms with Gasteiger partial charge in [0.1, 0.15) is 18.0 Å². The van der Waals surface area contributed by atoms with Gasteiger partial charge in [-0.15, -0.1) is 0 Å². The topological polar surface area (TPSA) is 91.3 Å². The third-order valence-corrected chi connectivity index (χ3v) is 14.0. The average Bonchev–Trinajstić information content (AvgIpc) is 2.94. The minimum Gasteiger partial charge on any atom is -0.507 e. The van der Waals surface area contributed by atoms with Crippen molar-refractivity contribution in [2.75, 3.05) is 14.1 Å². The molecule has 314 valence electrons. The fraction of sp³-hybridized carbons (Fsp3) is 0.830. The molecule has 3 saturated heterocycles. The molecule has 0 unspecified atom stereocenters. The van der Waals surface area contributed by atoms with Crippen LogP contribution in [-0.4, -0.2) is 86.4 Å². The molecule has 0 atom stereocenters. The van der Waals surface area contributed by atoms with E-state index in [0.717, 1.165) is 16.7 Å². The van der Waals surface area contributed by atoms with Crippen molar-refractivity contribution in [1.82, 2.24) is 15.1 Å². The molecule has 0 aromatic heterocycles. The van der Waals surface area contributed by atoms with Crippen LogP contribution in [0.2, 0.25) is 0 Å². The maximum atomic E-state index is 15.8. The van der Waals surface area contributed by atoms with Crippen molar-refractivity contribution >= 4 is 11.9 Å². The number of hydrogen-bond acceptors (Lipinski definition) is 8. The Balaban J connectivity index is 2.00. The lowest BCUT2D eigenvalue weighted by molar-refractivity contribution is -0.194. The van der Waals surface area contributed by atoms with E-state index < -0.39 is 17.4 Å². The minimum absolute atomic E-state index is 0.118. The number of nitrogens with zero attached hydrogens (tertiary/aromatic N) is 2. The number of piperidine rings is 3. The molecule has 0 bridgehead atoms. The lowest BCUT2D eigenvalue weighted by atomic mass is 9.60. The summed E-state index contributed by atoms with van der Waals surface area (Å²) in [6.45, 7) is 38.9. The van der Waals surface area contributed by atoms with Crippen LogP contribution in [0, 0.1) is 11.3 Å². The van der Waals surface area contributed by atoms with Gasteiger partial charge in [-0.3, -0.25) is 19.4 Å². The molecule has 8 nitrogen and oxygen atoms in total.